The van der Waals surface area contributed by atoms with Crippen LogP contribution in [0.2, 0.25) is 0 Å². The van der Waals surface area contributed by atoms with E-state index >= 15 is 0 Å². The van der Waals surface area contributed by atoms with Gasteiger partial charge in [0.2, 0.25) is 0 Å². The van der Waals surface area contributed by atoms with Crippen LogP contribution in [0.4, 0.5) is 0 Å². The fourth-order valence-electron chi connectivity index (χ4n) is 1.23. The first-order chi connectivity index (χ1) is 7.25. The van der Waals surface area contributed by atoms with Gasteiger partial charge in [-0.25, -0.2) is 0 Å². The van der Waals surface area contributed by atoms with Crippen LogP contribution in [0.25, 0.3) is 0 Å². The van der Waals surface area contributed by atoms with Crippen LogP contribution in [0, 0.1) is 10.1 Å². The molecule has 0 bridgehead atoms. The molecule has 0 saturated heterocycles. The number of hydrogen-bond acceptors (Lipinski definition) is 2. The highest BCUT2D eigenvalue weighted by molar-refractivity contribution is 5.22. The molecule has 0 heterocycles. The van der Waals surface area contributed by atoms with Crippen LogP contribution in [0.5, 0.6) is 0 Å². The summed E-state index contributed by atoms with van der Waals surface area (Å²) in [6.07, 6.45) is 6.88. The maximum Gasteiger partial charge on any atom is 0.256 e. The number of allylic oxidation sites excluding steroid dienone is 3. The second-order valence-electron chi connectivity index (χ2n) is 3.05. The van der Waals surface area contributed by atoms with Crippen molar-refractivity contribution in [1.82, 2.24) is 0 Å². The van der Waals surface area contributed by atoms with E-state index in [2.05, 4.69) is 0 Å². The van der Waals surface area contributed by atoms with Crippen molar-refractivity contribution in [3.63, 3.8) is 0 Å². The molecule has 0 aliphatic carbocycles. The molecule has 0 aliphatic rings. The third-order valence-electron chi connectivity index (χ3n) is 1.97. The first-order valence-corrected chi connectivity index (χ1v) is 4.73. The summed E-state index contributed by atoms with van der Waals surface area (Å²) in [6.45, 7) is 1.87. The Morgan fingerprint density at radius 3 is 2.47 bits per heavy atom. The van der Waals surface area contributed by atoms with E-state index < -0.39 is 6.04 Å². The maximum absolute atomic E-state index is 10.8. The van der Waals surface area contributed by atoms with Crippen molar-refractivity contribution in [1.29, 1.82) is 0 Å². The lowest BCUT2D eigenvalue weighted by Gasteiger charge is -2.03. The Bertz CT molecular complexity index is 368. The Morgan fingerprint density at radius 2 is 1.93 bits per heavy atom. The molecule has 15 heavy (non-hydrogen) atoms. The molecule has 0 aromatic heterocycles. The van der Waals surface area contributed by atoms with E-state index in [9.17, 15) is 10.1 Å². The number of hydrogen-bond donors (Lipinski definition) is 0. The molecule has 1 rings (SSSR count). The van der Waals surface area contributed by atoms with Crippen LogP contribution in [0.3, 0.4) is 0 Å². The first-order valence-electron chi connectivity index (χ1n) is 4.73. The molecule has 0 saturated carbocycles. The average molecular weight is 203 g/mol. The van der Waals surface area contributed by atoms with Crippen molar-refractivity contribution in [3.05, 3.63) is 70.3 Å². The van der Waals surface area contributed by atoms with Crippen LogP contribution in [0.15, 0.2) is 54.6 Å². The molecule has 78 valence electrons. The van der Waals surface area contributed by atoms with Gasteiger partial charge in [-0.2, -0.15) is 0 Å². The van der Waals surface area contributed by atoms with Gasteiger partial charge in [0.15, 0.2) is 0 Å². The molecule has 3 heteroatoms. The zero-order valence-electron chi connectivity index (χ0n) is 8.54. The molecule has 1 atom stereocenters. The SMILES string of the molecule is CC=CC=CC(c1ccccc1)[N+](=O)[O-]. The van der Waals surface area contributed by atoms with Gasteiger partial charge < -0.3 is 0 Å². The van der Waals surface area contributed by atoms with Gasteiger partial charge in [0.1, 0.15) is 0 Å². The molecule has 3 nitrogen and oxygen atoms in total. The van der Waals surface area contributed by atoms with E-state index in [1.165, 1.54) is 0 Å². The van der Waals surface area contributed by atoms with Crippen LogP contribution in [0.1, 0.15) is 18.5 Å². The van der Waals surface area contributed by atoms with Crippen molar-refractivity contribution in [2.75, 3.05) is 0 Å². The number of benzene rings is 1. The van der Waals surface area contributed by atoms with Crippen LogP contribution >= 0.6 is 0 Å². The van der Waals surface area contributed by atoms with Crippen molar-refractivity contribution in [3.8, 4) is 0 Å². The Hall–Kier alpha value is -1.90. The second-order valence-corrected chi connectivity index (χ2v) is 3.05. The molecule has 0 spiro atoms. The van der Waals surface area contributed by atoms with Gasteiger partial charge >= 0.3 is 0 Å². The number of nitro groups is 1. The van der Waals surface area contributed by atoms with Gasteiger partial charge in [0, 0.05) is 10.5 Å². The molecule has 1 unspecified atom stereocenters. The maximum atomic E-state index is 10.8. The molecule has 0 aliphatic heterocycles. The Morgan fingerprint density at radius 1 is 1.27 bits per heavy atom. The highest BCUT2D eigenvalue weighted by Gasteiger charge is 2.17. The quantitative estimate of drug-likeness (QED) is 0.428. The summed E-state index contributed by atoms with van der Waals surface area (Å²) in [4.78, 5) is 10.5. The fraction of sp³-hybridized carbons (Fsp3) is 0.167. The molecular weight excluding hydrogens is 190 g/mol. The van der Waals surface area contributed by atoms with Gasteiger partial charge in [-0.1, -0.05) is 48.6 Å². The minimum absolute atomic E-state index is 0.296. The van der Waals surface area contributed by atoms with E-state index in [1.54, 1.807) is 42.5 Å². The number of nitrogens with zero attached hydrogens (tertiary/aromatic N) is 1. The Balaban J connectivity index is 2.89. The van der Waals surface area contributed by atoms with E-state index in [1.807, 2.05) is 19.1 Å². The monoisotopic (exact) mass is 203 g/mol. The Kier molecular flexibility index (Phi) is 4.29. The fourth-order valence-corrected chi connectivity index (χ4v) is 1.23. The smallest absolute Gasteiger partial charge is 0.256 e. The highest BCUT2D eigenvalue weighted by Crippen LogP contribution is 2.17. The minimum Gasteiger partial charge on any atom is -0.264 e. The lowest BCUT2D eigenvalue weighted by molar-refractivity contribution is -0.515. The third kappa shape index (κ3) is 3.38. The summed E-state index contributed by atoms with van der Waals surface area (Å²) in [5, 5.41) is 10.8. The summed E-state index contributed by atoms with van der Waals surface area (Å²) in [7, 11) is 0. The van der Waals surface area contributed by atoms with E-state index in [4.69, 9.17) is 0 Å². The highest BCUT2D eigenvalue weighted by atomic mass is 16.6. The standard InChI is InChI=1S/C12H13NO2/c1-2-3-5-10-12(13(14)15)11-8-6-4-7-9-11/h2-10,12H,1H3. The molecule has 0 radical (unpaired) electrons. The summed E-state index contributed by atoms with van der Waals surface area (Å²) in [5.74, 6) is 0. The van der Waals surface area contributed by atoms with E-state index in [0.29, 0.717) is 5.56 Å². The van der Waals surface area contributed by atoms with Crippen LogP contribution < -0.4 is 0 Å². The zero-order chi connectivity index (χ0) is 11.1. The topological polar surface area (TPSA) is 43.1 Å². The van der Waals surface area contributed by atoms with Crippen molar-refractivity contribution >= 4 is 0 Å². The second kappa shape index (κ2) is 5.75. The molecule has 1 aromatic rings. The largest absolute Gasteiger partial charge is 0.264 e. The van der Waals surface area contributed by atoms with E-state index in [0.717, 1.165) is 0 Å². The molecule has 1 aromatic carbocycles. The normalized spacial score (nSPS) is 13.4. The molecule has 0 amide bonds. The predicted molar refractivity (Wildman–Crippen MR) is 60.1 cm³/mol. The zero-order valence-corrected chi connectivity index (χ0v) is 8.54. The van der Waals surface area contributed by atoms with Crippen LogP contribution in [-0.2, 0) is 0 Å². The van der Waals surface area contributed by atoms with Crippen molar-refractivity contribution < 1.29 is 4.92 Å². The molecule has 0 fully saturated rings. The third-order valence-corrected chi connectivity index (χ3v) is 1.97. The summed E-state index contributed by atoms with van der Waals surface area (Å²) in [5.41, 5.74) is 0.697. The number of rotatable bonds is 4. The van der Waals surface area contributed by atoms with Gasteiger partial charge in [-0.3, -0.25) is 10.1 Å². The summed E-state index contributed by atoms with van der Waals surface area (Å²) in [6, 6.07) is 8.20. The van der Waals surface area contributed by atoms with Gasteiger partial charge in [0.05, 0.1) is 0 Å². The van der Waals surface area contributed by atoms with Gasteiger partial charge in [-0.05, 0) is 13.0 Å². The van der Waals surface area contributed by atoms with Crippen molar-refractivity contribution in [2.24, 2.45) is 0 Å². The molecular formula is C12H13NO2. The van der Waals surface area contributed by atoms with Gasteiger partial charge in [0.25, 0.3) is 6.04 Å². The van der Waals surface area contributed by atoms with Gasteiger partial charge in [-0.15, -0.1) is 0 Å². The molecule has 0 N–H and O–H groups in total. The summed E-state index contributed by atoms with van der Waals surface area (Å²) >= 11 is 0. The first kappa shape index (κ1) is 11.2. The van der Waals surface area contributed by atoms with Crippen molar-refractivity contribution in [2.45, 2.75) is 13.0 Å². The van der Waals surface area contributed by atoms with Crippen LogP contribution in [-0.4, -0.2) is 4.92 Å². The lowest BCUT2D eigenvalue weighted by atomic mass is 10.1. The predicted octanol–water partition coefficient (Wildman–Crippen LogP) is 3.14. The lowest BCUT2D eigenvalue weighted by Crippen LogP contribution is -2.07. The summed E-state index contributed by atoms with van der Waals surface area (Å²) < 4.78 is 0. The minimum atomic E-state index is -0.762. The Labute approximate surface area is 88.9 Å². The van der Waals surface area contributed by atoms with E-state index in [-0.39, 0.29) is 4.92 Å². The average Bonchev–Trinajstić information content (AvgIpc) is 2.25.